The average molecular weight is 429 g/mol. The minimum absolute atomic E-state index is 0.101. The van der Waals surface area contributed by atoms with Gasteiger partial charge in [0.25, 0.3) is 0 Å². The second-order valence-electron chi connectivity index (χ2n) is 7.33. The van der Waals surface area contributed by atoms with Crippen LogP contribution in [-0.2, 0) is 16.6 Å². The van der Waals surface area contributed by atoms with Crippen LogP contribution in [0.5, 0.6) is 0 Å². The van der Waals surface area contributed by atoms with E-state index in [9.17, 15) is 13.2 Å². The number of anilines is 1. The van der Waals surface area contributed by atoms with Crippen molar-refractivity contribution in [2.24, 2.45) is 0 Å². The van der Waals surface area contributed by atoms with Crippen LogP contribution in [0.2, 0.25) is 0 Å². The maximum absolute atomic E-state index is 12.5. The topological polar surface area (TPSA) is 81.8 Å². The molecule has 1 saturated heterocycles. The first-order valence-electron chi connectivity index (χ1n) is 9.92. The maximum atomic E-state index is 12.5. The number of carbonyl (C=O) groups excluding carboxylic acids is 1. The van der Waals surface area contributed by atoms with Crippen LogP contribution >= 0.6 is 0 Å². The van der Waals surface area contributed by atoms with E-state index in [-0.39, 0.29) is 6.03 Å². The number of nitrogens with zero attached hydrogens (tertiary/aromatic N) is 2. The molecule has 0 bridgehead atoms. The third-order valence-corrected chi connectivity index (χ3v) is 5.41. The molecular weight excluding hydrogens is 400 g/mol. The SMILES string of the molecule is CS(=O)(=O)Nc1cccc(CNC(=O)N2CCN(C/C=C/c3ccccc3)CC2)c1. The Labute approximate surface area is 178 Å². The average Bonchev–Trinajstić information content (AvgIpc) is 2.72. The summed E-state index contributed by atoms with van der Waals surface area (Å²) >= 11 is 0. The molecule has 3 rings (SSSR count). The molecule has 1 fully saturated rings. The van der Waals surface area contributed by atoms with Gasteiger partial charge in [0.15, 0.2) is 0 Å². The van der Waals surface area contributed by atoms with E-state index < -0.39 is 10.0 Å². The van der Waals surface area contributed by atoms with E-state index in [1.54, 1.807) is 18.2 Å². The first-order chi connectivity index (χ1) is 14.4. The van der Waals surface area contributed by atoms with Gasteiger partial charge in [-0.25, -0.2) is 13.2 Å². The van der Waals surface area contributed by atoms with Crippen molar-refractivity contribution in [2.45, 2.75) is 6.54 Å². The third-order valence-electron chi connectivity index (χ3n) is 4.81. The van der Waals surface area contributed by atoms with Crippen molar-refractivity contribution in [3.05, 3.63) is 71.8 Å². The maximum Gasteiger partial charge on any atom is 0.317 e. The Hall–Kier alpha value is -2.84. The van der Waals surface area contributed by atoms with Crippen LogP contribution in [0.25, 0.3) is 6.08 Å². The number of carbonyl (C=O) groups is 1. The number of amides is 2. The lowest BCUT2D eigenvalue weighted by Crippen LogP contribution is -2.51. The van der Waals surface area contributed by atoms with Crippen molar-refractivity contribution in [3.8, 4) is 0 Å². The van der Waals surface area contributed by atoms with Crippen LogP contribution in [0.1, 0.15) is 11.1 Å². The number of piperazine rings is 1. The molecule has 0 saturated carbocycles. The Kier molecular flexibility index (Phi) is 7.48. The summed E-state index contributed by atoms with van der Waals surface area (Å²) in [5, 5.41) is 2.92. The molecule has 30 heavy (non-hydrogen) atoms. The molecule has 2 aromatic rings. The van der Waals surface area contributed by atoms with Gasteiger partial charge in [-0.15, -0.1) is 0 Å². The molecule has 0 spiro atoms. The van der Waals surface area contributed by atoms with E-state index in [4.69, 9.17) is 0 Å². The number of nitrogens with one attached hydrogen (secondary N) is 2. The van der Waals surface area contributed by atoms with Crippen molar-refractivity contribution >= 4 is 27.8 Å². The highest BCUT2D eigenvalue weighted by Crippen LogP contribution is 2.12. The highest BCUT2D eigenvalue weighted by Gasteiger charge is 2.20. The van der Waals surface area contributed by atoms with Crippen molar-refractivity contribution in [1.82, 2.24) is 15.1 Å². The highest BCUT2D eigenvalue weighted by molar-refractivity contribution is 7.92. The normalized spacial score (nSPS) is 15.3. The molecule has 1 aliphatic heterocycles. The van der Waals surface area contributed by atoms with Gasteiger partial charge in [-0.1, -0.05) is 54.6 Å². The predicted octanol–water partition coefficient (Wildman–Crippen LogP) is 2.60. The molecule has 0 aromatic heterocycles. The Morgan fingerprint density at radius 2 is 1.77 bits per heavy atom. The third kappa shape index (κ3) is 7.20. The molecule has 160 valence electrons. The van der Waals surface area contributed by atoms with Gasteiger partial charge in [0.2, 0.25) is 10.0 Å². The summed E-state index contributed by atoms with van der Waals surface area (Å²) in [5.41, 5.74) is 2.51. The molecule has 2 aromatic carbocycles. The van der Waals surface area contributed by atoms with Crippen LogP contribution in [-0.4, -0.2) is 63.2 Å². The van der Waals surface area contributed by atoms with Gasteiger partial charge < -0.3 is 10.2 Å². The Morgan fingerprint density at radius 1 is 1.03 bits per heavy atom. The number of hydrogen-bond acceptors (Lipinski definition) is 4. The number of sulfonamides is 1. The fourth-order valence-corrected chi connectivity index (χ4v) is 3.84. The molecule has 8 heteroatoms. The number of hydrogen-bond donors (Lipinski definition) is 2. The van der Waals surface area contributed by atoms with Gasteiger partial charge in [-0.3, -0.25) is 9.62 Å². The lowest BCUT2D eigenvalue weighted by molar-refractivity contribution is 0.146. The molecule has 0 aliphatic carbocycles. The Balaban J connectivity index is 1.41. The van der Waals surface area contributed by atoms with Gasteiger partial charge in [0, 0.05) is 45.0 Å². The summed E-state index contributed by atoms with van der Waals surface area (Å²) in [6.07, 6.45) is 5.38. The van der Waals surface area contributed by atoms with Gasteiger partial charge in [0.1, 0.15) is 0 Å². The molecule has 0 radical (unpaired) electrons. The largest absolute Gasteiger partial charge is 0.334 e. The van der Waals surface area contributed by atoms with Crippen molar-refractivity contribution in [2.75, 3.05) is 43.7 Å². The van der Waals surface area contributed by atoms with Crippen molar-refractivity contribution in [3.63, 3.8) is 0 Å². The standard InChI is InChI=1S/C22H28N4O3S/c1-30(28,29)24-21-11-5-9-20(17-21)18-23-22(27)26-15-13-25(14-16-26)12-6-10-19-7-3-2-4-8-19/h2-11,17,24H,12-16,18H2,1H3,(H,23,27)/b10-6+. The monoisotopic (exact) mass is 428 g/mol. The van der Waals surface area contributed by atoms with Crippen molar-refractivity contribution in [1.29, 1.82) is 0 Å². The van der Waals surface area contributed by atoms with Gasteiger partial charge in [-0.05, 0) is 23.3 Å². The highest BCUT2D eigenvalue weighted by atomic mass is 32.2. The lowest BCUT2D eigenvalue weighted by Gasteiger charge is -2.34. The van der Waals surface area contributed by atoms with Gasteiger partial charge >= 0.3 is 6.03 Å². The quantitative estimate of drug-likeness (QED) is 0.710. The summed E-state index contributed by atoms with van der Waals surface area (Å²) in [5.74, 6) is 0. The van der Waals surface area contributed by atoms with E-state index in [2.05, 4.69) is 39.2 Å². The van der Waals surface area contributed by atoms with Gasteiger partial charge in [0.05, 0.1) is 6.26 Å². The lowest BCUT2D eigenvalue weighted by atomic mass is 10.2. The van der Waals surface area contributed by atoms with Crippen LogP contribution in [0, 0.1) is 0 Å². The van der Waals surface area contributed by atoms with Crippen LogP contribution < -0.4 is 10.0 Å². The summed E-state index contributed by atoms with van der Waals surface area (Å²) in [6.45, 7) is 4.24. The molecule has 2 amide bonds. The van der Waals surface area contributed by atoms with E-state index in [0.29, 0.717) is 25.3 Å². The molecule has 1 heterocycles. The van der Waals surface area contributed by atoms with Crippen LogP contribution in [0.4, 0.5) is 10.5 Å². The summed E-state index contributed by atoms with van der Waals surface area (Å²) < 4.78 is 25.1. The Morgan fingerprint density at radius 3 is 2.47 bits per heavy atom. The van der Waals surface area contributed by atoms with E-state index in [1.807, 2.05) is 29.2 Å². The molecule has 2 N–H and O–H groups in total. The van der Waals surface area contributed by atoms with E-state index >= 15 is 0 Å². The molecule has 0 atom stereocenters. The van der Waals surface area contributed by atoms with Gasteiger partial charge in [-0.2, -0.15) is 0 Å². The Bertz CT molecular complexity index is 969. The van der Waals surface area contributed by atoms with E-state index in [0.717, 1.165) is 31.5 Å². The summed E-state index contributed by atoms with van der Waals surface area (Å²) in [4.78, 5) is 16.6. The minimum Gasteiger partial charge on any atom is -0.334 e. The first kappa shape index (κ1) is 21.9. The second kappa shape index (κ2) is 10.3. The summed E-state index contributed by atoms with van der Waals surface area (Å²) in [6, 6.07) is 17.1. The fourth-order valence-electron chi connectivity index (χ4n) is 3.28. The molecule has 1 aliphatic rings. The van der Waals surface area contributed by atoms with Crippen molar-refractivity contribution < 1.29 is 13.2 Å². The number of urea groups is 1. The fraction of sp³-hybridized carbons (Fsp3) is 0.318. The molecule has 0 unspecified atom stereocenters. The van der Waals surface area contributed by atoms with Crippen LogP contribution in [0.15, 0.2) is 60.7 Å². The first-order valence-corrected chi connectivity index (χ1v) is 11.8. The van der Waals surface area contributed by atoms with Crippen LogP contribution in [0.3, 0.4) is 0 Å². The minimum atomic E-state index is -3.33. The predicted molar refractivity (Wildman–Crippen MR) is 121 cm³/mol. The molecule has 7 nitrogen and oxygen atoms in total. The zero-order valence-electron chi connectivity index (χ0n) is 17.1. The second-order valence-corrected chi connectivity index (χ2v) is 9.08. The number of rotatable bonds is 7. The molecular formula is C22H28N4O3S. The van der Waals surface area contributed by atoms with E-state index in [1.165, 1.54) is 5.56 Å². The number of benzene rings is 2. The zero-order chi connectivity index (χ0) is 21.4. The summed E-state index contributed by atoms with van der Waals surface area (Å²) in [7, 11) is -3.33. The smallest absolute Gasteiger partial charge is 0.317 e. The zero-order valence-corrected chi connectivity index (χ0v) is 17.9.